The summed E-state index contributed by atoms with van der Waals surface area (Å²) in [5, 5.41) is 7.85. The topological polar surface area (TPSA) is 65.4 Å². The molecule has 0 aliphatic rings. The highest BCUT2D eigenvalue weighted by molar-refractivity contribution is 6.31. The maximum atomic E-state index is 12.9. The van der Waals surface area contributed by atoms with E-state index in [0.717, 1.165) is 16.8 Å². The number of nitrogens with zero attached hydrogens (tertiary/aromatic N) is 2. The molecule has 4 rings (SSSR count). The molecule has 162 valence electrons. The molecule has 6 nitrogen and oxygen atoms in total. The van der Waals surface area contributed by atoms with Crippen molar-refractivity contribution in [3.05, 3.63) is 107 Å². The van der Waals surface area contributed by atoms with Gasteiger partial charge in [-0.1, -0.05) is 48.0 Å². The Morgan fingerprint density at radius 3 is 2.53 bits per heavy atom. The largest absolute Gasteiger partial charge is 0.493 e. The van der Waals surface area contributed by atoms with Gasteiger partial charge in [0.1, 0.15) is 6.61 Å². The number of ether oxygens (including phenoxy) is 2. The lowest BCUT2D eigenvalue weighted by Crippen LogP contribution is -2.14. The lowest BCUT2D eigenvalue weighted by atomic mass is 10.1. The fourth-order valence-corrected chi connectivity index (χ4v) is 3.43. The summed E-state index contributed by atoms with van der Waals surface area (Å²) in [6, 6.07) is 22.1. The van der Waals surface area contributed by atoms with Gasteiger partial charge in [-0.25, -0.2) is 0 Å². The van der Waals surface area contributed by atoms with Gasteiger partial charge in [-0.15, -0.1) is 0 Å². The SMILES string of the molecule is COc1cc(C(=O)Nc2ccccc2Cn2cccn2)ccc1OCc1ccccc1Cl. The van der Waals surface area contributed by atoms with Gasteiger partial charge in [-0.3, -0.25) is 9.48 Å². The first-order valence-corrected chi connectivity index (χ1v) is 10.4. The van der Waals surface area contributed by atoms with Gasteiger partial charge in [-0.2, -0.15) is 5.10 Å². The summed E-state index contributed by atoms with van der Waals surface area (Å²) in [5.41, 5.74) is 3.01. The van der Waals surface area contributed by atoms with Gasteiger partial charge < -0.3 is 14.8 Å². The molecule has 3 aromatic carbocycles. The number of rotatable bonds is 8. The van der Waals surface area contributed by atoms with Crippen molar-refractivity contribution in [1.29, 1.82) is 0 Å². The van der Waals surface area contributed by atoms with Crippen LogP contribution in [0.3, 0.4) is 0 Å². The summed E-state index contributed by atoms with van der Waals surface area (Å²) in [6.45, 7) is 0.851. The van der Waals surface area contributed by atoms with E-state index < -0.39 is 0 Å². The molecule has 1 aromatic heterocycles. The van der Waals surface area contributed by atoms with Gasteiger partial charge >= 0.3 is 0 Å². The average Bonchev–Trinajstić information content (AvgIpc) is 3.33. The molecule has 0 aliphatic carbocycles. The first kappa shape index (κ1) is 21.5. The molecule has 0 fully saturated rings. The predicted octanol–water partition coefficient (Wildman–Crippen LogP) is 5.42. The molecular weight excluding hydrogens is 426 g/mol. The second-order valence-electron chi connectivity index (χ2n) is 7.06. The number of anilines is 1. The van der Waals surface area contributed by atoms with Gasteiger partial charge in [0.2, 0.25) is 0 Å². The molecule has 0 atom stereocenters. The van der Waals surface area contributed by atoms with Crippen LogP contribution in [0.1, 0.15) is 21.5 Å². The number of halogens is 1. The number of methoxy groups -OCH3 is 1. The Bertz CT molecular complexity index is 1210. The summed E-state index contributed by atoms with van der Waals surface area (Å²) >= 11 is 6.20. The number of para-hydroxylation sites is 1. The molecule has 0 radical (unpaired) electrons. The number of aromatic nitrogens is 2. The van der Waals surface area contributed by atoms with Crippen molar-refractivity contribution in [2.24, 2.45) is 0 Å². The van der Waals surface area contributed by atoms with E-state index in [1.165, 1.54) is 0 Å². The minimum atomic E-state index is -0.242. The molecule has 1 heterocycles. The third-order valence-corrected chi connectivity index (χ3v) is 5.29. The highest BCUT2D eigenvalue weighted by Gasteiger charge is 2.14. The van der Waals surface area contributed by atoms with E-state index in [4.69, 9.17) is 21.1 Å². The lowest BCUT2D eigenvalue weighted by Gasteiger charge is -2.14. The molecule has 1 N–H and O–H groups in total. The fourth-order valence-electron chi connectivity index (χ4n) is 3.24. The first-order chi connectivity index (χ1) is 15.6. The van der Waals surface area contributed by atoms with Crippen molar-refractivity contribution < 1.29 is 14.3 Å². The van der Waals surface area contributed by atoms with Crippen LogP contribution in [-0.2, 0) is 13.2 Å². The third-order valence-electron chi connectivity index (χ3n) is 4.92. The van der Waals surface area contributed by atoms with Gasteiger partial charge in [0, 0.05) is 34.2 Å². The molecule has 4 aromatic rings. The molecule has 1 amide bonds. The van der Waals surface area contributed by atoms with Crippen LogP contribution in [0.5, 0.6) is 11.5 Å². The van der Waals surface area contributed by atoms with Crippen molar-refractivity contribution in [1.82, 2.24) is 9.78 Å². The average molecular weight is 448 g/mol. The summed E-state index contributed by atoms with van der Waals surface area (Å²) in [7, 11) is 1.54. The quantitative estimate of drug-likeness (QED) is 0.391. The number of hydrogen-bond donors (Lipinski definition) is 1. The highest BCUT2D eigenvalue weighted by Crippen LogP contribution is 2.30. The maximum Gasteiger partial charge on any atom is 0.255 e. The molecule has 0 saturated heterocycles. The summed E-state index contributed by atoms with van der Waals surface area (Å²) in [6.07, 6.45) is 3.60. The molecule has 7 heteroatoms. The van der Waals surface area contributed by atoms with Crippen LogP contribution in [0, 0.1) is 0 Å². The fraction of sp³-hybridized carbons (Fsp3) is 0.120. The van der Waals surface area contributed by atoms with E-state index in [-0.39, 0.29) is 5.91 Å². The minimum absolute atomic E-state index is 0.242. The van der Waals surface area contributed by atoms with Crippen LogP contribution in [0.2, 0.25) is 5.02 Å². The van der Waals surface area contributed by atoms with Gasteiger partial charge in [-0.05, 0) is 42.0 Å². The van der Waals surface area contributed by atoms with Crippen molar-refractivity contribution >= 4 is 23.2 Å². The lowest BCUT2D eigenvalue weighted by molar-refractivity contribution is 0.102. The molecule has 0 spiro atoms. The van der Waals surface area contributed by atoms with E-state index in [9.17, 15) is 4.79 Å². The normalized spacial score (nSPS) is 10.6. The highest BCUT2D eigenvalue weighted by atomic mass is 35.5. The van der Waals surface area contributed by atoms with Crippen LogP contribution in [0.15, 0.2) is 85.2 Å². The van der Waals surface area contributed by atoms with Crippen molar-refractivity contribution in [3.63, 3.8) is 0 Å². The summed E-state index contributed by atoms with van der Waals surface area (Å²) in [5.74, 6) is 0.756. The Morgan fingerprint density at radius 2 is 1.78 bits per heavy atom. The molecular formula is C25H22ClN3O3. The van der Waals surface area contributed by atoms with Gasteiger partial charge in [0.25, 0.3) is 5.91 Å². The number of carbonyl (C=O) groups is 1. The Morgan fingerprint density at radius 1 is 1.00 bits per heavy atom. The Balaban J connectivity index is 1.48. The van der Waals surface area contributed by atoms with Crippen molar-refractivity contribution in [3.8, 4) is 11.5 Å². The molecule has 0 saturated carbocycles. The number of nitrogens with one attached hydrogen (secondary N) is 1. The molecule has 0 unspecified atom stereocenters. The summed E-state index contributed by atoms with van der Waals surface area (Å²) in [4.78, 5) is 12.9. The second kappa shape index (κ2) is 10.0. The van der Waals surface area contributed by atoms with E-state index >= 15 is 0 Å². The molecule has 0 aliphatic heterocycles. The maximum absolute atomic E-state index is 12.9. The molecule has 0 bridgehead atoms. The Labute approximate surface area is 191 Å². The zero-order chi connectivity index (χ0) is 22.3. The van der Waals surface area contributed by atoms with Crippen LogP contribution < -0.4 is 14.8 Å². The number of amides is 1. The van der Waals surface area contributed by atoms with E-state index in [0.29, 0.717) is 35.2 Å². The van der Waals surface area contributed by atoms with Gasteiger partial charge in [0.05, 0.1) is 13.7 Å². The minimum Gasteiger partial charge on any atom is -0.493 e. The Kier molecular flexibility index (Phi) is 6.72. The first-order valence-electron chi connectivity index (χ1n) is 10.0. The smallest absolute Gasteiger partial charge is 0.255 e. The van der Waals surface area contributed by atoms with Crippen LogP contribution in [0.4, 0.5) is 5.69 Å². The van der Waals surface area contributed by atoms with E-state index in [1.54, 1.807) is 36.2 Å². The zero-order valence-electron chi connectivity index (χ0n) is 17.5. The predicted molar refractivity (Wildman–Crippen MR) is 125 cm³/mol. The standard InChI is InChI=1S/C25H22ClN3O3/c1-31-24-15-18(11-12-23(24)32-17-20-8-2-4-9-21(20)26)25(30)28-22-10-5-3-7-19(22)16-29-14-6-13-27-29/h2-15H,16-17H2,1H3,(H,28,30). The number of carbonyl (C=O) groups excluding carboxylic acids is 1. The zero-order valence-corrected chi connectivity index (χ0v) is 18.3. The van der Waals surface area contributed by atoms with Crippen LogP contribution >= 0.6 is 11.6 Å². The van der Waals surface area contributed by atoms with Crippen molar-refractivity contribution in [2.75, 3.05) is 12.4 Å². The molecule has 32 heavy (non-hydrogen) atoms. The van der Waals surface area contributed by atoms with E-state index in [2.05, 4.69) is 10.4 Å². The van der Waals surface area contributed by atoms with Crippen molar-refractivity contribution in [2.45, 2.75) is 13.2 Å². The van der Waals surface area contributed by atoms with Crippen LogP contribution in [0.25, 0.3) is 0 Å². The van der Waals surface area contributed by atoms with E-state index in [1.807, 2.05) is 60.8 Å². The third kappa shape index (κ3) is 5.10. The number of hydrogen-bond acceptors (Lipinski definition) is 4. The summed E-state index contributed by atoms with van der Waals surface area (Å²) < 4.78 is 13.1. The second-order valence-corrected chi connectivity index (χ2v) is 7.47. The number of benzene rings is 3. The monoisotopic (exact) mass is 447 g/mol. The van der Waals surface area contributed by atoms with Crippen LogP contribution in [-0.4, -0.2) is 22.8 Å². The Hall–Kier alpha value is -3.77. The van der Waals surface area contributed by atoms with Gasteiger partial charge in [0.15, 0.2) is 11.5 Å².